The van der Waals surface area contributed by atoms with Crippen LogP contribution in [0.4, 0.5) is 0 Å². The van der Waals surface area contributed by atoms with E-state index in [4.69, 9.17) is 0 Å². The first-order valence-corrected chi connectivity index (χ1v) is 9.69. The van der Waals surface area contributed by atoms with E-state index in [0.29, 0.717) is 22.8 Å². The number of nitrogens with zero attached hydrogens (tertiary/aromatic N) is 3. The van der Waals surface area contributed by atoms with Gasteiger partial charge in [0, 0.05) is 28.6 Å². The zero-order valence-electron chi connectivity index (χ0n) is 14.8. The summed E-state index contributed by atoms with van der Waals surface area (Å²) in [6, 6.07) is 21.7. The molecule has 0 N–H and O–H groups in total. The Balaban J connectivity index is 1.61. The number of para-hydroxylation sites is 2. The summed E-state index contributed by atoms with van der Waals surface area (Å²) in [5.74, 6) is 0.621. The molecule has 0 bridgehead atoms. The molecular formula is C22H17N3OS. The van der Waals surface area contributed by atoms with Gasteiger partial charge in [-0.3, -0.25) is 9.36 Å². The van der Waals surface area contributed by atoms with Crippen LogP contribution in [0, 0.1) is 18.3 Å². The molecule has 2 aromatic heterocycles. The maximum absolute atomic E-state index is 13.0. The van der Waals surface area contributed by atoms with Crippen LogP contribution in [0.25, 0.3) is 21.8 Å². The lowest BCUT2D eigenvalue weighted by atomic mass is 10.2. The van der Waals surface area contributed by atoms with Crippen molar-refractivity contribution in [1.29, 1.82) is 5.26 Å². The summed E-state index contributed by atoms with van der Waals surface area (Å²) in [5, 5.41) is 12.1. The number of hydrogen-bond donors (Lipinski definition) is 0. The number of pyridine rings is 1. The second-order valence-corrected chi connectivity index (χ2v) is 7.36. The molecule has 0 aliphatic carbocycles. The van der Waals surface area contributed by atoms with E-state index < -0.39 is 0 Å². The zero-order chi connectivity index (χ0) is 18.8. The number of rotatable bonds is 4. The third kappa shape index (κ3) is 3.20. The van der Waals surface area contributed by atoms with Crippen molar-refractivity contribution in [3.8, 4) is 6.07 Å². The minimum absolute atomic E-state index is 0.0473. The first-order valence-electron chi connectivity index (χ1n) is 8.71. The fraction of sp³-hybridized carbons (Fsp3) is 0.136. The molecule has 0 unspecified atom stereocenters. The van der Waals surface area contributed by atoms with Crippen molar-refractivity contribution >= 4 is 39.5 Å². The predicted octanol–water partition coefficient (Wildman–Crippen LogP) is 5.19. The number of nitriles is 1. The number of aryl methyl sites for hydroxylation is 1. The first-order chi connectivity index (χ1) is 13.2. The average molecular weight is 371 g/mol. The highest BCUT2D eigenvalue weighted by atomic mass is 32.2. The second-order valence-electron chi connectivity index (χ2n) is 6.28. The van der Waals surface area contributed by atoms with Crippen molar-refractivity contribution in [2.24, 2.45) is 0 Å². The molecular weight excluding hydrogens is 354 g/mol. The van der Waals surface area contributed by atoms with Crippen molar-refractivity contribution in [2.45, 2.75) is 18.4 Å². The fourth-order valence-electron chi connectivity index (χ4n) is 3.27. The number of carbonyl (C=O) groups is 1. The molecule has 0 amide bonds. The number of benzene rings is 2. The van der Waals surface area contributed by atoms with Gasteiger partial charge in [-0.05, 0) is 31.2 Å². The van der Waals surface area contributed by atoms with Crippen LogP contribution in [0.5, 0.6) is 0 Å². The number of hydrogen-bond acceptors (Lipinski definition) is 4. The second kappa shape index (κ2) is 7.26. The van der Waals surface area contributed by atoms with E-state index in [1.807, 2.05) is 61.5 Å². The molecule has 4 nitrogen and oxygen atoms in total. The Morgan fingerprint density at radius 3 is 2.30 bits per heavy atom. The van der Waals surface area contributed by atoms with Crippen molar-refractivity contribution in [2.75, 3.05) is 5.75 Å². The lowest BCUT2D eigenvalue weighted by Crippen LogP contribution is -2.11. The monoisotopic (exact) mass is 371 g/mol. The van der Waals surface area contributed by atoms with E-state index >= 15 is 0 Å². The van der Waals surface area contributed by atoms with Gasteiger partial charge in [-0.2, -0.15) is 5.26 Å². The zero-order valence-corrected chi connectivity index (χ0v) is 15.7. The van der Waals surface area contributed by atoms with Crippen LogP contribution in [0.1, 0.15) is 22.5 Å². The van der Waals surface area contributed by atoms with Gasteiger partial charge in [0.05, 0.1) is 16.6 Å². The van der Waals surface area contributed by atoms with Crippen LogP contribution in [0.3, 0.4) is 0 Å². The number of thioether (sulfide) groups is 1. The largest absolute Gasteiger partial charge is 0.280 e. The molecule has 0 atom stereocenters. The Labute approximate surface area is 161 Å². The molecule has 4 aromatic rings. The molecule has 0 fully saturated rings. The molecule has 27 heavy (non-hydrogen) atoms. The number of carbonyl (C=O) groups excluding carboxylic acids is 1. The molecule has 0 saturated carbocycles. The maximum atomic E-state index is 13.0. The summed E-state index contributed by atoms with van der Waals surface area (Å²) >= 11 is 1.45. The highest BCUT2D eigenvalue weighted by molar-refractivity contribution is 7.99. The fourth-order valence-corrected chi connectivity index (χ4v) is 4.21. The van der Waals surface area contributed by atoms with Gasteiger partial charge < -0.3 is 0 Å². The van der Waals surface area contributed by atoms with Gasteiger partial charge in [-0.15, -0.1) is 11.8 Å². The van der Waals surface area contributed by atoms with E-state index in [0.717, 1.165) is 27.5 Å². The molecule has 0 spiro atoms. The molecule has 5 heteroatoms. The minimum Gasteiger partial charge on any atom is -0.280 e. The molecule has 2 aromatic carbocycles. The summed E-state index contributed by atoms with van der Waals surface area (Å²) in [7, 11) is 0. The summed E-state index contributed by atoms with van der Waals surface area (Å²) in [5.41, 5.74) is 3.28. The average Bonchev–Trinajstić information content (AvgIpc) is 3.03. The normalized spacial score (nSPS) is 11.0. The summed E-state index contributed by atoms with van der Waals surface area (Å²) in [6.07, 6.45) is 0.369. The minimum atomic E-state index is 0.0473. The van der Waals surface area contributed by atoms with E-state index in [9.17, 15) is 10.1 Å². The van der Waals surface area contributed by atoms with Crippen LogP contribution >= 0.6 is 11.8 Å². The molecule has 0 radical (unpaired) electrons. The third-order valence-corrected chi connectivity index (χ3v) is 5.50. The quantitative estimate of drug-likeness (QED) is 0.463. The Bertz CT molecular complexity index is 1150. The highest BCUT2D eigenvalue weighted by Gasteiger charge is 2.15. The molecule has 132 valence electrons. The highest BCUT2D eigenvalue weighted by Crippen LogP contribution is 2.29. The Morgan fingerprint density at radius 2 is 1.67 bits per heavy atom. The Kier molecular flexibility index (Phi) is 4.66. The SMILES string of the molecule is Cc1ccc(C#N)c(SCCC(=O)n2c3ccccc3c3ccccc32)n1. The molecule has 4 rings (SSSR count). The Hall–Kier alpha value is -3.10. The van der Waals surface area contributed by atoms with Gasteiger partial charge >= 0.3 is 0 Å². The van der Waals surface area contributed by atoms with Crippen LogP contribution in [-0.4, -0.2) is 21.2 Å². The van der Waals surface area contributed by atoms with Crippen molar-refractivity contribution in [3.63, 3.8) is 0 Å². The van der Waals surface area contributed by atoms with E-state index in [-0.39, 0.29) is 5.91 Å². The smallest absolute Gasteiger partial charge is 0.232 e. The number of fused-ring (bicyclic) bond motifs is 3. The van der Waals surface area contributed by atoms with E-state index in [1.54, 1.807) is 10.6 Å². The van der Waals surface area contributed by atoms with E-state index in [2.05, 4.69) is 11.1 Å². The summed E-state index contributed by atoms with van der Waals surface area (Å²) < 4.78 is 1.81. The molecule has 2 heterocycles. The van der Waals surface area contributed by atoms with Gasteiger partial charge in [-0.25, -0.2) is 4.98 Å². The van der Waals surface area contributed by atoms with Gasteiger partial charge in [-0.1, -0.05) is 36.4 Å². The summed E-state index contributed by atoms with van der Waals surface area (Å²) in [4.78, 5) is 17.4. The number of aromatic nitrogens is 2. The van der Waals surface area contributed by atoms with Crippen molar-refractivity contribution in [3.05, 3.63) is 71.9 Å². The van der Waals surface area contributed by atoms with Crippen molar-refractivity contribution in [1.82, 2.24) is 9.55 Å². The van der Waals surface area contributed by atoms with Crippen LogP contribution in [0.2, 0.25) is 0 Å². The maximum Gasteiger partial charge on any atom is 0.232 e. The standard InChI is InChI=1S/C22H17N3OS/c1-15-10-11-16(14-23)22(24-15)27-13-12-21(26)25-19-8-4-2-6-17(19)18-7-3-5-9-20(18)25/h2-11H,12-13H2,1H3. The molecule has 0 aliphatic rings. The lowest BCUT2D eigenvalue weighted by Gasteiger charge is -2.07. The van der Waals surface area contributed by atoms with Crippen LogP contribution in [0.15, 0.2) is 65.7 Å². The first kappa shape index (κ1) is 17.3. The van der Waals surface area contributed by atoms with Gasteiger partial charge in [0.2, 0.25) is 5.91 Å². The lowest BCUT2D eigenvalue weighted by molar-refractivity contribution is 0.0920. The summed E-state index contributed by atoms with van der Waals surface area (Å²) in [6.45, 7) is 1.90. The topological polar surface area (TPSA) is 58.7 Å². The predicted molar refractivity (Wildman–Crippen MR) is 109 cm³/mol. The molecule has 0 saturated heterocycles. The van der Waals surface area contributed by atoms with Gasteiger partial charge in [0.1, 0.15) is 11.1 Å². The van der Waals surface area contributed by atoms with Gasteiger partial charge in [0.25, 0.3) is 0 Å². The van der Waals surface area contributed by atoms with Crippen LogP contribution < -0.4 is 0 Å². The van der Waals surface area contributed by atoms with E-state index in [1.165, 1.54) is 11.8 Å². The Morgan fingerprint density at radius 1 is 1.04 bits per heavy atom. The molecule has 0 aliphatic heterocycles. The van der Waals surface area contributed by atoms with Gasteiger partial charge in [0.15, 0.2) is 0 Å². The third-order valence-electron chi connectivity index (χ3n) is 4.50. The van der Waals surface area contributed by atoms with Crippen molar-refractivity contribution < 1.29 is 4.79 Å². The van der Waals surface area contributed by atoms with Crippen LogP contribution in [-0.2, 0) is 0 Å².